The van der Waals surface area contributed by atoms with Crippen molar-refractivity contribution in [2.45, 2.75) is 44.7 Å². The van der Waals surface area contributed by atoms with Crippen molar-refractivity contribution in [3.8, 4) is 5.69 Å². The third-order valence-corrected chi connectivity index (χ3v) is 13.9. The third kappa shape index (κ3) is 6.25. The maximum absolute atomic E-state index is 5.35. The van der Waals surface area contributed by atoms with Gasteiger partial charge in [0.05, 0.1) is 22.5 Å². The zero-order valence-corrected chi connectivity index (χ0v) is 37.0. The van der Waals surface area contributed by atoms with Gasteiger partial charge >= 0.3 is 0 Å². The summed E-state index contributed by atoms with van der Waals surface area (Å²) in [6, 6.07) is 72.7. The Morgan fingerprint density at radius 2 is 1.17 bits per heavy atom. The molecule has 13 rings (SSSR count). The minimum atomic E-state index is -0.252. The van der Waals surface area contributed by atoms with Gasteiger partial charge in [0, 0.05) is 23.0 Å². The van der Waals surface area contributed by atoms with Crippen LogP contribution in [0.4, 0.5) is 0 Å². The van der Waals surface area contributed by atoms with Crippen LogP contribution in [-0.2, 0) is 12.0 Å². The van der Waals surface area contributed by atoms with E-state index in [4.69, 9.17) is 10.7 Å². The van der Waals surface area contributed by atoms with E-state index in [1.807, 2.05) is 44.2 Å². The van der Waals surface area contributed by atoms with Gasteiger partial charge in [0.2, 0.25) is 0 Å². The second-order valence-corrected chi connectivity index (χ2v) is 17.1. The lowest BCUT2D eigenvalue weighted by molar-refractivity contribution is 0.719. The smallest absolute Gasteiger partial charge is 0.0992 e. The first-order valence-corrected chi connectivity index (χ1v) is 23.1. The highest BCUT2D eigenvalue weighted by atomic mass is 15.0. The van der Waals surface area contributed by atoms with Gasteiger partial charge in [-0.25, -0.2) is 0 Å². The third-order valence-electron chi connectivity index (χ3n) is 13.9. The van der Waals surface area contributed by atoms with Gasteiger partial charge in [-0.1, -0.05) is 190 Å². The number of allylic oxidation sites excluding steroid dienone is 4. The van der Waals surface area contributed by atoms with E-state index in [-0.39, 0.29) is 11.5 Å². The maximum atomic E-state index is 5.35. The molecule has 3 heteroatoms. The maximum Gasteiger partial charge on any atom is 0.0992 e. The first kappa shape index (κ1) is 40.2. The number of nitrogens with two attached hydrogens (primary N) is 1. The number of nitrogens with zero attached hydrogens (tertiary/aromatic N) is 2. The van der Waals surface area contributed by atoms with Gasteiger partial charge < -0.3 is 10.3 Å². The molecule has 1 atom stereocenters. The van der Waals surface area contributed by atoms with Gasteiger partial charge in [-0.3, -0.25) is 4.99 Å². The minimum Gasteiger partial charge on any atom is -0.326 e. The van der Waals surface area contributed by atoms with E-state index < -0.39 is 0 Å². The minimum absolute atomic E-state index is 0.164. The molecule has 1 aromatic heterocycles. The highest BCUT2D eigenvalue weighted by Gasteiger charge is 2.52. The summed E-state index contributed by atoms with van der Waals surface area (Å²) in [6.07, 6.45) is 4.53. The molecule has 3 aliphatic rings. The molecule has 1 unspecified atom stereocenters. The fraction of sp³-hybridized carbons (Fsp3) is 0.113. The summed E-state index contributed by atoms with van der Waals surface area (Å²) in [5.74, 6) is 0. The van der Waals surface area contributed by atoms with E-state index in [1.165, 1.54) is 87.9 Å². The lowest BCUT2D eigenvalue weighted by Crippen LogP contribution is -2.28. The van der Waals surface area contributed by atoms with Gasteiger partial charge in [-0.15, -0.1) is 0 Å². The Morgan fingerprint density at radius 1 is 0.569 bits per heavy atom. The Bertz CT molecular complexity index is 3440. The number of fused-ring (bicyclic) bond motifs is 9. The second kappa shape index (κ2) is 16.5. The van der Waals surface area contributed by atoms with Gasteiger partial charge in [0.1, 0.15) is 0 Å². The molecule has 1 spiro atoms. The Labute approximate surface area is 381 Å². The van der Waals surface area contributed by atoms with E-state index in [9.17, 15) is 0 Å². The number of aliphatic imine (C=N–C) groups is 1. The quantitative estimate of drug-likeness (QED) is 0.132. The molecular weight excluding hydrogens is 787 g/mol. The number of rotatable bonds is 6. The summed E-state index contributed by atoms with van der Waals surface area (Å²) in [6.45, 7) is 8.72. The molecule has 3 nitrogen and oxygen atoms in total. The summed E-state index contributed by atoms with van der Waals surface area (Å²) in [7, 11) is 0. The fourth-order valence-electron chi connectivity index (χ4n) is 11.2. The van der Waals surface area contributed by atoms with Crippen LogP contribution in [0, 0.1) is 0 Å². The Kier molecular flexibility index (Phi) is 10.2. The molecule has 0 amide bonds. The zero-order valence-electron chi connectivity index (χ0n) is 37.0. The number of benzene rings is 9. The molecule has 314 valence electrons. The average Bonchev–Trinajstić information content (AvgIpc) is 3.99. The summed E-state index contributed by atoms with van der Waals surface area (Å²) < 4.78 is 2.36. The van der Waals surface area contributed by atoms with Gasteiger partial charge in [-0.2, -0.15) is 0 Å². The van der Waals surface area contributed by atoms with Crippen LogP contribution in [0.1, 0.15) is 77.2 Å². The highest BCUT2D eigenvalue weighted by Crippen LogP contribution is 2.63. The van der Waals surface area contributed by atoms with Crippen LogP contribution in [0.15, 0.2) is 217 Å². The lowest BCUT2D eigenvalue weighted by Gasteiger charge is -2.34. The van der Waals surface area contributed by atoms with Gasteiger partial charge in [-0.05, 0) is 133 Å². The standard InChI is InChI=1S/C53H36N2.C7H9N.C2H6/c1-54-52(38-28-30-49-43(32-38)41-16-6-8-20-48(41)55(49)39-13-3-2-4-14-39)36-25-21-33(22-26-36)37-27-29-45-42(31-37)40-15-5-7-17-44(40)53(45)46-18-9-11-34-23-24-35-12-10-19-47(53)51(35)50(34)46;8-6-7-4-2-1-3-5-7;1-2/h2-26,28,30-32,52H,1,27,29H2;1-5H,6,8H2;1-2H3. The summed E-state index contributed by atoms with van der Waals surface area (Å²) >= 11 is 0. The van der Waals surface area contributed by atoms with Gasteiger partial charge in [0.25, 0.3) is 0 Å². The molecule has 9 aromatic carbocycles. The molecule has 0 fully saturated rings. The average molecular weight is 838 g/mol. The lowest BCUT2D eigenvalue weighted by atomic mass is 9.67. The van der Waals surface area contributed by atoms with Gasteiger partial charge in [0.15, 0.2) is 0 Å². The molecule has 0 radical (unpaired) electrons. The Hall–Kier alpha value is -7.59. The van der Waals surface area contributed by atoms with E-state index in [0.29, 0.717) is 6.54 Å². The molecule has 0 saturated carbocycles. The van der Waals surface area contributed by atoms with Crippen molar-refractivity contribution in [2.75, 3.05) is 0 Å². The van der Waals surface area contributed by atoms with Crippen molar-refractivity contribution in [3.63, 3.8) is 0 Å². The summed E-state index contributed by atoms with van der Waals surface area (Å²) in [4.78, 5) is 4.70. The second-order valence-electron chi connectivity index (χ2n) is 17.1. The van der Waals surface area contributed by atoms with E-state index >= 15 is 0 Å². The fourth-order valence-corrected chi connectivity index (χ4v) is 11.2. The van der Waals surface area contributed by atoms with Crippen molar-refractivity contribution in [2.24, 2.45) is 10.7 Å². The predicted molar refractivity (Wildman–Crippen MR) is 276 cm³/mol. The molecule has 0 bridgehead atoms. The molecule has 10 aromatic rings. The first-order chi connectivity index (χ1) is 32.2. The van der Waals surface area contributed by atoms with Crippen molar-refractivity contribution >= 4 is 61.2 Å². The number of aromatic nitrogens is 1. The normalized spacial score (nSPS) is 14.5. The van der Waals surface area contributed by atoms with Crippen LogP contribution < -0.4 is 5.73 Å². The molecule has 1 heterocycles. The zero-order chi connectivity index (χ0) is 44.1. The monoisotopic (exact) mass is 837 g/mol. The van der Waals surface area contributed by atoms with Crippen molar-refractivity contribution in [1.82, 2.24) is 4.57 Å². The molecule has 65 heavy (non-hydrogen) atoms. The Balaban J connectivity index is 0.000000422. The molecule has 2 N–H and O–H groups in total. The largest absolute Gasteiger partial charge is 0.326 e. The Morgan fingerprint density at radius 3 is 1.85 bits per heavy atom. The van der Waals surface area contributed by atoms with E-state index in [2.05, 4.69) is 187 Å². The first-order valence-electron chi connectivity index (χ1n) is 23.1. The number of para-hydroxylation sites is 2. The highest BCUT2D eigenvalue weighted by molar-refractivity contribution is 6.18. The number of hydrogen-bond donors (Lipinski definition) is 1. The summed E-state index contributed by atoms with van der Waals surface area (Å²) in [5, 5.41) is 7.99. The van der Waals surface area contributed by atoms with Crippen LogP contribution in [0.5, 0.6) is 0 Å². The molecule has 3 aliphatic carbocycles. The van der Waals surface area contributed by atoms with Crippen molar-refractivity contribution in [3.05, 3.63) is 256 Å². The van der Waals surface area contributed by atoms with E-state index in [0.717, 1.165) is 29.7 Å². The molecular formula is C62H51N3. The van der Waals surface area contributed by atoms with E-state index in [1.54, 1.807) is 5.57 Å². The van der Waals surface area contributed by atoms with Crippen LogP contribution in [0.25, 0.3) is 60.2 Å². The summed E-state index contributed by atoms with van der Waals surface area (Å²) in [5.41, 5.74) is 23.4. The number of hydrogen-bond acceptors (Lipinski definition) is 2. The molecule has 0 aliphatic heterocycles. The van der Waals surface area contributed by atoms with Crippen molar-refractivity contribution in [1.29, 1.82) is 0 Å². The topological polar surface area (TPSA) is 43.3 Å². The predicted octanol–water partition coefficient (Wildman–Crippen LogP) is 15.3. The molecule has 0 saturated heterocycles. The van der Waals surface area contributed by atoms with Crippen LogP contribution in [0.2, 0.25) is 0 Å². The van der Waals surface area contributed by atoms with Crippen LogP contribution in [0.3, 0.4) is 0 Å². The van der Waals surface area contributed by atoms with Crippen LogP contribution in [-0.4, -0.2) is 11.3 Å². The van der Waals surface area contributed by atoms with Crippen molar-refractivity contribution < 1.29 is 0 Å². The van der Waals surface area contributed by atoms with Crippen LogP contribution >= 0.6 is 0 Å². The SMILES string of the molecule is C=NC(c1ccc(C2=CC3=C(CC2)C2(c4ccccc43)c3cccc4ccc5cccc2c5c34)cc1)c1ccc2c(c1)c1ccccc1n2-c1ccccc1.CC.NCc1ccccc1.